The second-order valence-corrected chi connectivity index (χ2v) is 6.02. The fourth-order valence-electron chi connectivity index (χ4n) is 3.12. The van der Waals surface area contributed by atoms with Crippen LogP contribution in [0.15, 0.2) is 54.3 Å². The smallest absolute Gasteiger partial charge is 0.229 e. The van der Waals surface area contributed by atoms with Crippen molar-refractivity contribution in [1.29, 1.82) is 0 Å². The zero-order chi connectivity index (χ0) is 17.4. The molecule has 0 spiro atoms. The Morgan fingerprint density at radius 3 is 2.68 bits per heavy atom. The minimum absolute atomic E-state index is 0.0377. The molecule has 25 heavy (non-hydrogen) atoms. The molecule has 0 saturated heterocycles. The number of allylic oxidation sites excluding steroid dienone is 1. The molecule has 2 aromatic carbocycles. The monoisotopic (exact) mass is 335 g/mol. The molecular formula is C19H17N3O3. The van der Waals surface area contributed by atoms with Crippen LogP contribution in [0, 0.1) is 0 Å². The number of anilines is 1. The summed E-state index contributed by atoms with van der Waals surface area (Å²) in [6.07, 6.45) is 0.519. The zero-order valence-electron chi connectivity index (χ0n) is 13.4. The molecule has 0 saturated carbocycles. The number of aliphatic hydroxyl groups excluding tert-OH is 1. The van der Waals surface area contributed by atoms with E-state index in [0.29, 0.717) is 30.1 Å². The fourth-order valence-corrected chi connectivity index (χ4v) is 3.12. The zero-order valence-corrected chi connectivity index (χ0v) is 13.4. The number of rotatable bonds is 3. The van der Waals surface area contributed by atoms with Crippen molar-refractivity contribution < 1.29 is 15.0 Å². The van der Waals surface area contributed by atoms with Crippen molar-refractivity contribution in [2.45, 2.75) is 19.4 Å². The van der Waals surface area contributed by atoms with Crippen LogP contribution >= 0.6 is 0 Å². The van der Waals surface area contributed by atoms with Gasteiger partial charge in [-0.25, -0.2) is 4.98 Å². The lowest BCUT2D eigenvalue weighted by Crippen LogP contribution is -2.17. The first-order valence-corrected chi connectivity index (χ1v) is 8.07. The second kappa shape index (κ2) is 5.98. The van der Waals surface area contributed by atoms with Crippen molar-refractivity contribution in [3.05, 3.63) is 60.1 Å². The third kappa shape index (κ3) is 2.82. The van der Waals surface area contributed by atoms with Gasteiger partial charge in [-0.3, -0.25) is 4.79 Å². The van der Waals surface area contributed by atoms with E-state index in [-0.39, 0.29) is 23.8 Å². The maximum absolute atomic E-state index is 12.4. The Balaban J connectivity index is 1.61. The van der Waals surface area contributed by atoms with Gasteiger partial charge >= 0.3 is 0 Å². The van der Waals surface area contributed by atoms with Gasteiger partial charge in [0.25, 0.3) is 0 Å². The molecule has 0 atom stereocenters. The number of phenols is 1. The quantitative estimate of drug-likeness (QED) is 0.640. The minimum atomic E-state index is -0.243. The third-order valence-electron chi connectivity index (χ3n) is 4.33. The van der Waals surface area contributed by atoms with Crippen molar-refractivity contribution in [1.82, 2.24) is 9.55 Å². The molecule has 0 bridgehead atoms. The van der Waals surface area contributed by atoms with Gasteiger partial charge in [-0.15, -0.1) is 0 Å². The number of hydrogen-bond donors (Lipinski definition) is 3. The molecule has 1 aliphatic heterocycles. The number of aliphatic hydroxyl groups is 1. The molecule has 1 aromatic heterocycles. The van der Waals surface area contributed by atoms with E-state index in [2.05, 4.69) is 10.3 Å². The summed E-state index contributed by atoms with van der Waals surface area (Å²) in [6.45, 7) is 0.644. The van der Waals surface area contributed by atoms with Crippen molar-refractivity contribution in [2.24, 2.45) is 0 Å². The van der Waals surface area contributed by atoms with Crippen LogP contribution in [0.1, 0.15) is 18.7 Å². The van der Waals surface area contributed by atoms with Crippen LogP contribution < -0.4 is 5.32 Å². The molecule has 4 rings (SSSR count). The number of aromatic hydroxyl groups is 1. The number of nitrogens with zero attached hydrogens (tertiary/aromatic N) is 2. The summed E-state index contributed by atoms with van der Waals surface area (Å²) in [6, 6.07) is 14.0. The third-order valence-corrected chi connectivity index (χ3v) is 4.33. The summed E-state index contributed by atoms with van der Waals surface area (Å²) < 4.78 is 2.04. The Labute approximate surface area is 144 Å². The van der Waals surface area contributed by atoms with Crippen molar-refractivity contribution in [3.63, 3.8) is 0 Å². The Hall–Kier alpha value is -3.28. The molecular weight excluding hydrogens is 318 g/mol. The summed E-state index contributed by atoms with van der Waals surface area (Å²) in [5, 5.41) is 22.4. The number of phenolic OH excluding ortho intramolecular Hbond substituents is 1. The maximum Gasteiger partial charge on any atom is 0.229 e. The molecule has 0 radical (unpaired) electrons. The molecule has 0 aliphatic carbocycles. The number of aromatic nitrogens is 2. The molecule has 126 valence electrons. The summed E-state index contributed by atoms with van der Waals surface area (Å²) in [5.74, 6) is 0.751. The first kappa shape index (κ1) is 15.3. The molecule has 6 nitrogen and oxygen atoms in total. The molecule has 0 fully saturated rings. The Morgan fingerprint density at radius 1 is 1.12 bits per heavy atom. The average molecular weight is 335 g/mol. The van der Waals surface area contributed by atoms with Gasteiger partial charge in [-0.1, -0.05) is 12.1 Å². The Kier molecular flexibility index (Phi) is 3.65. The molecule has 1 amide bonds. The van der Waals surface area contributed by atoms with Gasteiger partial charge < -0.3 is 20.1 Å². The summed E-state index contributed by atoms with van der Waals surface area (Å²) >= 11 is 0. The van der Waals surface area contributed by atoms with Gasteiger partial charge in [0.05, 0.1) is 17.5 Å². The predicted molar refractivity (Wildman–Crippen MR) is 95.3 cm³/mol. The predicted octanol–water partition coefficient (Wildman–Crippen LogP) is 3.44. The van der Waals surface area contributed by atoms with Crippen molar-refractivity contribution >= 4 is 28.2 Å². The van der Waals surface area contributed by atoms with E-state index in [1.54, 1.807) is 12.1 Å². The van der Waals surface area contributed by atoms with Crippen LogP contribution in [0.5, 0.6) is 5.75 Å². The van der Waals surface area contributed by atoms with E-state index < -0.39 is 0 Å². The van der Waals surface area contributed by atoms with Gasteiger partial charge in [0.1, 0.15) is 17.3 Å². The minimum Gasteiger partial charge on any atom is -0.512 e. The van der Waals surface area contributed by atoms with E-state index in [1.807, 2.05) is 28.8 Å². The number of hydrogen-bond acceptors (Lipinski definition) is 4. The number of benzene rings is 2. The van der Waals surface area contributed by atoms with Gasteiger partial charge in [0, 0.05) is 24.2 Å². The normalized spacial score (nSPS) is 13.8. The van der Waals surface area contributed by atoms with E-state index in [0.717, 1.165) is 11.0 Å². The van der Waals surface area contributed by atoms with Crippen molar-refractivity contribution in [3.8, 4) is 5.75 Å². The number of carbonyl (C=O) groups is 1. The fraction of sp³-hybridized carbons (Fsp3) is 0.158. The van der Waals surface area contributed by atoms with Gasteiger partial charge in [0.15, 0.2) is 0 Å². The van der Waals surface area contributed by atoms with E-state index >= 15 is 0 Å². The highest BCUT2D eigenvalue weighted by Gasteiger charge is 2.24. The summed E-state index contributed by atoms with van der Waals surface area (Å²) in [5.41, 5.74) is 3.00. The number of carbonyl (C=O) groups excluding carboxylic acids is 1. The SMILES string of the molecule is O=C(CC1=C(O)CCn2c1nc1ccccc12)Nc1ccc(O)cc1. The summed E-state index contributed by atoms with van der Waals surface area (Å²) in [7, 11) is 0. The molecule has 2 heterocycles. The maximum atomic E-state index is 12.4. The van der Waals surface area contributed by atoms with Crippen LogP contribution in [-0.2, 0) is 11.3 Å². The molecule has 0 unspecified atom stereocenters. The van der Waals surface area contributed by atoms with E-state index in [1.165, 1.54) is 12.1 Å². The topological polar surface area (TPSA) is 87.4 Å². The highest BCUT2D eigenvalue weighted by molar-refractivity contribution is 5.98. The van der Waals surface area contributed by atoms with E-state index in [9.17, 15) is 15.0 Å². The number of amides is 1. The number of fused-ring (bicyclic) bond motifs is 3. The molecule has 3 aromatic rings. The van der Waals surface area contributed by atoms with Gasteiger partial charge in [0.2, 0.25) is 5.91 Å². The van der Waals surface area contributed by atoms with Crippen LogP contribution in [0.3, 0.4) is 0 Å². The standard InChI is InChI=1S/C19H17N3O3/c23-13-7-5-12(6-8-13)20-18(25)11-14-17(24)9-10-22-16-4-2-1-3-15(16)21-19(14)22/h1-8,23-24H,9-11H2,(H,20,25). The summed E-state index contributed by atoms with van der Waals surface area (Å²) in [4.78, 5) is 17.0. The lowest BCUT2D eigenvalue weighted by atomic mass is 10.0. The highest BCUT2D eigenvalue weighted by atomic mass is 16.3. The highest BCUT2D eigenvalue weighted by Crippen LogP contribution is 2.31. The van der Waals surface area contributed by atoms with Crippen LogP contribution in [0.25, 0.3) is 16.6 Å². The molecule has 3 N–H and O–H groups in total. The first-order chi connectivity index (χ1) is 12.1. The van der Waals surface area contributed by atoms with Gasteiger partial charge in [-0.05, 0) is 36.4 Å². The lowest BCUT2D eigenvalue weighted by molar-refractivity contribution is -0.115. The van der Waals surface area contributed by atoms with Crippen molar-refractivity contribution in [2.75, 3.05) is 5.32 Å². The van der Waals surface area contributed by atoms with Crippen LogP contribution in [-0.4, -0.2) is 25.7 Å². The Bertz CT molecular complexity index is 987. The van der Waals surface area contributed by atoms with Crippen LogP contribution in [0.2, 0.25) is 0 Å². The number of aryl methyl sites for hydroxylation is 1. The lowest BCUT2D eigenvalue weighted by Gasteiger charge is -2.19. The van der Waals surface area contributed by atoms with Gasteiger partial charge in [-0.2, -0.15) is 0 Å². The molecule has 6 heteroatoms. The number of imidazole rings is 1. The second-order valence-electron chi connectivity index (χ2n) is 6.02. The number of para-hydroxylation sites is 2. The Morgan fingerprint density at radius 2 is 1.88 bits per heavy atom. The average Bonchev–Trinajstić information content (AvgIpc) is 2.98. The number of nitrogens with one attached hydrogen (secondary N) is 1. The molecule has 1 aliphatic rings. The van der Waals surface area contributed by atoms with E-state index in [4.69, 9.17) is 0 Å². The largest absolute Gasteiger partial charge is 0.512 e. The first-order valence-electron chi connectivity index (χ1n) is 8.07. The van der Waals surface area contributed by atoms with Crippen LogP contribution in [0.4, 0.5) is 5.69 Å².